The van der Waals surface area contributed by atoms with Gasteiger partial charge in [-0.1, -0.05) is 64.5 Å². The summed E-state index contributed by atoms with van der Waals surface area (Å²) in [5.74, 6) is -1.49. The molecule has 0 N–H and O–H groups in total. The number of rotatable bonds is 4. The minimum Gasteiger partial charge on any atom is -0.268 e. The molecule has 0 aliphatic carbocycles. The quantitative estimate of drug-likeness (QED) is 0.220. The van der Waals surface area contributed by atoms with Crippen LogP contribution in [-0.4, -0.2) is 11.8 Å². The third-order valence-corrected chi connectivity index (χ3v) is 6.34. The van der Waals surface area contributed by atoms with Crippen LogP contribution < -0.4 is 4.90 Å². The summed E-state index contributed by atoms with van der Waals surface area (Å²) in [6.45, 7) is 0. The van der Waals surface area contributed by atoms with Crippen LogP contribution in [0.15, 0.2) is 106 Å². The molecule has 0 radical (unpaired) electrons. The van der Waals surface area contributed by atoms with Gasteiger partial charge in [0.1, 0.15) is 0 Å². The molecule has 0 atom stereocenters. The Kier molecular flexibility index (Phi) is 7.23. The molecule has 0 spiro atoms. The van der Waals surface area contributed by atoms with E-state index in [2.05, 4.69) is 31.9 Å². The first kappa shape index (κ1) is 24.9. The van der Waals surface area contributed by atoms with Crippen LogP contribution in [0, 0.1) is 0 Å². The Labute approximate surface area is 216 Å². The highest BCUT2D eigenvalue weighted by Crippen LogP contribution is 2.43. The van der Waals surface area contributed by atoms with Gasteiger partial charge in [-0.3, -0.25) is 9.59 Å². The minimum atomic E-state index is -4.75. The lowest BCUT2D eigenvalue weighted by atomic mass is 9.98. The van der Waals surface area contributed by atoms with E-state index >= 15 is 0 Å². The summed E-state index contributed by atoms with van der Waals surface area (Å²) in [7, 11) is 0. The van der Waals surface area contributed by atoms with Crippen LogP contribution in [0.2, 0.25) is 0 Å². The number of nitrogens with zero attached hydrogens (tertiary/aromatic N) is 1. The van der Waals surface area contributed by atoms with E-state index in [9.17, 15) is 22.8 Å². The fourth-order valence-corrected chi connectivity index (χ4v) is 4.51. The summed E-state index contributed by atoms with van der Waals surface area (Å²) in [5.41, 5.74) is -0.621. The van der Waals surface area contributed by atoms with E-state index in [0.717, 1.165) is 11.0 Å². The standard InChI is InChI=1S/C27H16Br2F3NO2/c28-20-13-7-12-19(14-20)21-15-23(29)24(16-22(21)27(30,31)32)33(25(34)17-8-3-1-4-9-17)26(35)18-10-5-2-6-11-18/h1-16H. The average molecular weight is 603 g/mol. The summed E-state index contributed by atoms with van der Waals surface area (Å²) in [6, 6.07) is 24.5. The number of alkyl halides is 3. The average Bonchev–Trinajstić information content (AvgIpc) is 2.85. The monoisotopic (exact) mass is 601 g/mol. The minimum absolute atomic E-state index is 0.0892. The Morgan fingerprint density at radius 3 is 1.71 bits per heavy atom. The number of imide groups is 1. The second-order valence-corrected chi connectivity index (χ2v) is 9.31. The molecular formula is C27H16Br2F3NO2. The normalized spacial score (nSPS) is 11.2. The van der Waals surface area contributed by atoms with Gasteiger partial charge in [-0.2, -0.15) is 13.2 Å². The van der Waals surface area contributed by atoms with Crippen molar-refractivity contribution in [3.8, 4) is 11.1 Å². The van der Waals surface area contributed by atoms with Gasteiger partial charge in [0.25, 0.3) is 11.8 Å². The van der Waals surface area contributed by atoms with Crippen molar-refractivity contribution in [1.29, 1.82) is 0 Å². The molecule has 8 heteroatoms. The Morgan fingerprint density at radius 1 is 0.686 bits per heavy atom. The van der Waals surface area contributed by atoms with Crippen molar-refractivity contribution in [3.05, 3.63) is 123 Å². The molecule has 4 aromatic rings. The van der Waals surface area contributed by atoms with Crippen molar-refractivity contribution < 1.29 is 22.8 Å². The molecule has 0 fully saturated rings. The molecule has 35 heavy (non-hydrogen) atoms. The first-order valence-electron chi connectivity index (χ1n) is 10.3. The predicted molar refractivity (Wildman–Crippen MR) is 136 cm³/mol. The van der Waals surface area contributed by atoms with Crippen molar-refractivity contribution in [1.82, 2.24) is 0 Å². The first-order valence-corrected chi connectivity index (χ1v) is 11.9. The Balaban J connectivity index is 1.95. The van der Waals surface area contributed by atoms with Crippen LogP contribution in [0.4, 0.5) is 18.9 Å². The molecule has 0 heterocycles. The van der Waals surface area contributed by atoms with E-state index in [1.165, 1.54) is 30.3 Å². The van der Waals surface area contributed by atoms with Crippen molar-refractivity contribution >= 4 is 49.4 Å². The number of benzene rings is 4. The topological polar surface area (TPSA) is 37.4 Å². The van der Waals surface area contributed by atoms with Crippen LogP contribution in [0.3, 0.4) is 0 Å². The molecule has 0 aliphatic heterocycles. The van der Waals surface area contributed by atoms with E-state index < -0.39 is 23.6 Å². The SMILES string of the molecule is O=C(c1ccccc1)N(C(=O)c1ccccc1)c1cc(C(F)(F)F)c(-c2cccc(Br)c2)cc1Br. The van der Waals surface area contributed by atoms with E-state index in [1.54, 1.807) is 60.7 Å². The van der Waals surface area contributed by atoms with Gasteiger partial charge in [0, 0.05) is 20.1 Å². The Bertz CT molecular complexity index is 1340. The highest BCUT2D eigenvalue weighted by molar-refractivity contribution is 9.10. The maximum atomic E-state index is 14.2. The second-order valence-electron chi connectivity index (χ2n) is 7.54. The van der Waals surface area contributed by atoms with Gasteiger partial charge >= 0.3 is 6.18 Å². The summed E-state index contributed by atoms with van der Waals surface area (Å²) < 4.78 is 43.5. The number of carbonyl (C=O) groups is 2. The molecule has 3 nitrogen and oxygen atoms in total. The van der Waals surface area contributed by atoms with E-state index in [-0.39, 0.29) is 26.9 Å². The number of carbonyl (C=O) groups excluding carboxylic acids is 2. The highest BCUT2D eigenvalue weighted by atomic mass is 79.9. The lowest BCUT2D eigenvalue weighted by molar-refractivity contribution is -0.137. The van der Waals surface area contributed by atoms with Crippen molar-refractivity contribution in [3.63, 3.8) is 0 Å². The van der Waals surface area contributed by atoms with Gasteiger partial charge in [0.2, 0.25) is 0 Å². The van der Waals surface area contributed by atoms with Crippen molar-refractivity contribution in [2.24, 2.45) is 0 Å². The smallest absolute Gasteiger partial charge is 0.268 e. The third-order valence-electron chi connectivity index (χ3n) is 5.22. The zero-order valence-corrected chi connectivity index (χ0v) is 21.1. The molecule has 0 aliphatic rings. The van der Waals surface area contributed by atoms with Crippen LogP contribution in [0.5, 0.6) is 0 Å². The predicted octanol–water partition coefficient (Wildman–Crippen LogP) is 8.38. The Morgan fingerprint density at radius 2 is 1.23 bits per heavy atom. The van der Waals surface area contributed by atoms with Gasteiger partial charge in [-0.25, -0.2) is 4.90 Å². The molecule has 176 valence electrons. The molecule has 0 saturated heterocycles. The van der Waals surface area contributed by atoms with Crippen LogP contribution in [0.1, 0.15) is 26.3 Å². The maximum Gasteiger partial charge on any atom is 0.417 e. The maximum absolute atomic E-state index is 14.2. The zero-order chi connectivity index (χ0) is 25.2. The number of amides is 2. The second kappa shape index (κ2) is 10.2. The zero-order valence-electron chi connectivity index (χ0n) is 17.9. The summed E-state index contributed by atoms with van der Waals surface area (Å²) in [4.78, 5) is 27.7. The van der Waals surface area contributed by atoms with E-state index in [0.29, 0.717) is 10.0 Å². The van der Waals surface area contributed by atoms with Gasteiger partial charge in [-0.15, -0.1) is 0 Å². The number of hydrogen-bond acceptors (Lipinski definition) is 2. The van der Waals surface area contributed by atoms with Gasteiger partial charge in [0.15, 0.2) is 0 Å². The lowest BCUT2D eigenvalue weighted by Gasteiger charge is -2.25. The van der Waals surface area contributed by atoms with E-state index in [4.69, 9.17) is 0 Å². The van der Waals surface area contributed by atoms with Crippen molar-refractivity contribution in [2.75, 3.05) is 4.90 Å². The first-order chi connectivity index (χ1) is 16.7. The van der Waals surface area contributed by atoms with Crippen LogP contribution >= 0.6 is 31.9 Å². The fraction of sp³-hybridized carbons (Fsp3) is 0.0370. The number of anilines is 1. The molecule has 4 rings (SSSR count). The van der Waals surface area contributed by atoms with Gasteiger partial charge < -0.3 is 0 Å². The number of halogens is 5. The highest BCUT2D eigenvalue weighted by Gasteiger charge is 2.37. The third kappa shape index (κ3) is 5.39. The van der Waals surface area contributed by atoms with Gasteiger partial charge in [-0.05, 0) is 75.6 Å². The van der Waals surface area contributed by atoms with E-state index in [1.807, 2.05) is 0 Å². The Hall–Kier alpha value is -3.23. The molecule has 0 aromatic heterocycles. The summed E-state index contributed by atoms with van der Waals surface area (Å²) in [5, 5.41) is 0. The lowest BCUT2D eigenvalue weighted by Crippen LogP contribution is -2.37. The molecule has 0 bridgehead atoms. The van der Waals surface area contributed by atoms with Crippen molar-refractivity contribution in [2.45, 2.75) is 6.18 Å². The van der Waals surface area contributed by atoms with Gasteiger partial charge in [0.05, 0.1) is 11.3 Å². The van der Waals surface area contributed by atoms with Crippen LogP contribution in [0.25, 0.3) is 11.1 Å². The number of hydrogen-bond donors (Lipinski definition) is 0. The molecule has 4 aromatic carbocycles. The molecular weight excluding hydrogens is 587 g/mol. The summed E-state index contributed by atoms with van der Waals surface area (Å²) >= 11 is 6.61. The molecule has 0 saturated carbocycles. The van der Waals surface area contributed by atoms with Crippen LogP contribution in [-0.2, 0) is 6.18 Å². The largest absolute Gasteiger partial charge is 0.417 e. The molecule has 0 unspecified atom stereocenters. The fourth-order valence-electron chi connectivity index (χ4n) is 3.59. The molecule has 2 amide bonds. The summed E-state index contributed by atoms with van der Waals surface area (Å²) in [6.07, 6.45) is -4.75.